The van der Waals surface area contributed by atoms with Crippen LogP contribution < -0.4 is 10.8 Å². The molecule has 5 rings (SSSR count). The van der Waals surface area contributed by atoms with Gasteiger partial charge >= 0.3 is 0 Å². The Bertz CT molecular complexity index is 1800. The second-order valence-electron chi connectivity index (χ2n) is 8.86. The van der Waals surface area contributed by atoms with Crippen LogP contribution >= 0.6 is 0 Å². The third kappa shape index (κ3) is 3.89. The van der Waals surface area contributed by atoms with Crippen LogP contribution in [-0.4, -0.2) is 24.0 Å². The van der Waals surface area contributed by atoms with Crippen LogP contribution in [0.4, 0.5) is 0 Å². The van der Waals surface area contributed by atoms with Gasteiger partial charge in [0.25, 0.3) is 5.56 Å². The average Bonchev–Trinajstić information content (AvgIpc) is 3.48. The van der Waals surface area contributed by atoms with Gasteiger partial charge in [0.15, 0.2) is 6.23 Å². The minimum Gasteiger partial charge on any atom is -0.369 e. The van der Waals surface area contributed by atoms with E-state index in [4.69, 9.17) is 9.97 Å². The number of benzene rings is 1. The van der Waals surface area contributed by atoms with Gasteiger partial charge in [-0.1, -0.05) is 57.4 Å². The fraction of sp³-hybridized carbons (Fsp3) is 0.219. The monoisotopic (exact) mass is 506 g/mol. The van der Waals surface area contributed by atoms with Gasteiger partial charge in [-0.2, -0.15) is 0 Å². The second-order valence-corrected chi connectivity index (χ2v) is 8.86. The molecule has 1 unspecified atom stereocenters. The largest absolute Gasteiger partial charge is 0.369 e. The van der Waals surface area contributed by atoms with Crippen molar-refractivity contribution in [2.75, 3.05) is 0 Å². The molecule has 0 radical (unpaired) electrons. The standard InChI is InChI=1S/C30H28N4O2.C2H6/c1-7-11-24-22(9-3)31-27-19-15-16-21-26(18(19)6)20(14-13-17(5)29(35)33(24)27)28-32-23(10-4)25(12-8-2)34(28)30(21)36;1-2/h7-16,29,35H,3-4H2,1-2,5-6H3;1-2H3/b11-7-,12-8-,17-13+,20-14+;. The van der Waals surface area contributed by atoms with E-state index in [-0.39, 0.29) is 5.56 Å². The van der Waals surface area contributed by atoms with Gasteiger partial charge in [0, 0.05) is 21.6 Å². The molecule has 6 nitrogen and oxygen atoms in total. The van der Waals surface area contributed by atoms with E-state index in [1.807, 2.05) is 94.7 Å². The number of hydrogen-bond donors (Lipinski definition) is 1. The lowest BCUT2D eigenvalue weighted by atomic mass is 9.97. The summed E-state index contributed by atoms with van der Waals surface area (Å²) in [6, 6.07) is 3.75. The molecule has 4 aromatic rings. The van der Waals surface area contributed by atoms with Gasteiger partial charge in [-0.05, 0) is 69.2 Å². The molecule has 2 bridgehead atoms. The summed E-state index contributed by atoms with van der Waals surface area (Å²) in [6.45, 7) is 19.5. The Balaban J connectivity index is 0.00000164. The third-order valence-electron chi connectivity index (χ3n) is 6.77. The maximum Gasteiger partial charge on any atom is 0.264 e. The minimum absolute atomic E-state index is 0.136. The number of hydrogen-bond acceptors (Lipinski definition) is 4. The molecule has 1 N–H and O–H groups in total. The van der Waals surface area contributed by atoms with Crippen molar-refractivity contribution in [1.82, 2.24) is 18.9 Å². The Morgan fingerprint density at radius 3 is 2.21 bits per heavy atom. The molecule has 0 aliphatic carbocycles. The number of imidazole rings is 2. The molecule has 0 saturated heterocycles. The number of aliphatic hydroxyl groups excluding tert-OH is 1. The summed E-state index contributed by atoms with van der Waals surface area (Å²) >= 11 is 0. The molecular formula is C32H34N4O2. The van der Waals surface area contributed by atoms with Gasteiger partial charge in [0.2, 0.25) is 0 Å². The van der Waals surface area contributed by atoms with E-state index >= 15 is 0 Å². The molecule has 0 spiro atoms. The number of fused-ring (bicyclic) bond motifs is 5. The average molecular weight is 507 g/mol. The Hall–Kier alpha value is -4.29. The second kappa shape index (κ2) is 10.6. The van der Waals surface area contributed by atoms with E-state index in [2.05, 4.69) is 13.2 Å². The number of aryl methyl sites for hydroxylation is 1. The molecule has 6 heteroatoms. The molecule has 1 aliphatic rings. The lowest BCUT2D eigenvalue weighted by molar-refractivity contribution is 0.143. The molecule has 1 aliphatic heterocycles. The van der Waals surface area contributed by atoms with Crippen molar-refractivity contribution in [1.29, 1.82) is 0 Å². The van der Waals surface area contributed by atoms with E-state index < -0.39 is 6.23 Å². The Morgan fingerprint density at radius 1 is 0.947 bits per heavy atom. The molecule has 4 heterocycles. The number of aromatic nitrogens is 4. The van der Waals surface area contributed by atoms with Crippen LogP contribution in [0, 0.1) is 6.92 Å². The molecule has 38 heavy (non-hydrogen) atoms. The number of aliphatic hydroxyl groups is 1. The van der Waals surface area contributed by atoms with Crippen molar-refractivity contribution in [3.05, 3.63) is 93.0 Å². The summed E-state index contributed by atoms with van der Waals surface area (Å²) in [6.07, 6.45) is 13.8. The fourth-order valence-corrected chi connectivity index (χ4v) is 5.05. The number of rotatable bonds is 4. The van der Waals surface area contributed by atoms with Crippen molar-refractivity contribution >= 4 is 46.8 Å². The summed E-state index contributed by atoms with van der Waals surface area (Å²) in [5.41, 5.74) is 5.65. The van der Waals surface area contributed by atoms with E-state index in [0.717, 1.165) is 33.0 Å². The summed E-state index contributed by atoms with van der Waals surface area (Å²) in [5, 5.41) is 13.7. The summed E-state index contributed by atoms with van der Waals surface area (Å²) in [7, 11) is 0. The molecule has 1 atom stereocenters. The third-order valence-corrected chi connectivity index (χ3v) is 6.77. The van der Waals surface area contributed by atoms with Crippen molar-refractivity contribution < 1.29 is 5.11 Å². The van der Waals surface area contributed by atoms with Crippen LogP contribution in [0.25, 0.3) is 58.2 Å². The van der Waals surface area contributed by atoms with Gasteiger partial charge in [-0.3, -0.25) is 13.8 Å². The zero-order valence-corrected chi connectivity index (χ0v) is 22.9. The van der Waals surface area contributed by atoms with Gasteiger partial charge < -0.3 is 5.11 Å². The van der Waals surface area contributed by atoms with Crippen LogP contribution in [0.5, 0.6) is 0 Å². The highest BCUT2D eigenvalue weighted by atomic mass is 16.3. The van der Waals surface area contributed by atoms with E-state index in [1.165, 1.54) is 0 Å². The van der Waals surface area contributed by atoms with Gasteiger partial charge in [-0.25, -0.2) is 9.97 Å². The molecule has 0 amide bonds. The predicted octanol–water partition coefficient (Wildman–Crippen LogP) is 6.35. The number of allylic oxidation sites excluding steroid dienone is 3. The van der Waals surface area contributed by atoms with Crippen molar-refractivity contribution in [3.8, 4) is 11.4 Å². The molecule has 0 fully saturated rings. The van der Waals surface area contributed by atoms with Crippen LogP contribution in [0.15, 0.2) is 53.9 Å². The predicted molar refractivity (Wildman–Crippen MR) is 161 cm³/mol. The number of pyridine rings is 1. The summed E-state index contributed by atoms with van der Waals surface area (Å²) in [5.74, 6) is 0.613. The minimum atomic E-state index is -0.947. The zero-order chi connectivity index (χ0) is 27.7. The normalized spacial score (nSPS) is 17.2. The summed E-state index contributed by atoms with van der Waals surface area (Å²) < 4.78 is 3.47. The van der Waals surface area contributed by atoms with E-state index in [9.17, 15) is 9.90 Å². The summed E-state index contributed by atoms with van der Waals surface area (Å²) in [4.78, 5) is 23.5. The first-order valence-corrected chi connectivity index (χ1v) is 12.9. The first-order chi connectivity index (χ1) is 18.4. The molecule has 1 aromatic carbocycles. The van der Waals surface area contributed by atoms with Crippen molar-refractivity contribution in [2.45, 2.75) is 47.8 Å². The van der Waals surface area contributed by atoms with Gasteiger partial charge in [0.05, 0.1) is 22.8 Å². The maximum atomic E-state index is 13.8. The number of nitrogens with zero attached hydrogens (tertiary/aromatic N) is 4. The first-order valence-electron chi connectivity index (χ1n) is 12.9. The highest BCUT2D eigenvalue weighted by Crippen LogP contribution is 2.34. The lowest BCUT2D eigenvalue weighted by Gasteiger charge is -2.20. The fourth-order valence-electron chi connectivity index (χ4n) is 5.05. The van der Waals surface area contributed by atoms with E-state index in [1.54, 1.807) is 16.6 Å². The van der Waals surface area contributed by atoms with Crippen LogP contribution in [0.1, 0.15) is 69.2 Å². The van der Waals surface area contributed by atoms with Crippen LogP contribution in [0.3, 0.4) is 0 Å². The highest BCUT2D eigenvalue weighted by Gasteiger charge is 2.25. The Kier molecular flexibility index (Phi) is 7.46. The van der Waals surface area contributed by atoms with Crippen molar-refractivity contribution in [2.24, 2.45) is 0 Å². The van der Waals surface area contributed by atoms with E-state index in [0.29, 0.717) is 33.9 Å². The first kappa shape index (κ1) is 26.8. The SMILES string of the molecule is C=Cc1nc2n(c1/C=C\C)C(O)/C(C)=C/C=c1\c3c(C)c-2ccc3c(=O)n2c(/C=C\C)c(C=C)nc12.CC. The Morgan fingerprint density at radius 2 is 1.58 bits per heavy atom. The highest BCUT2D eigenvalue weighted by molar-refractivity contribution is 5.94. The topological polar surface area (TPSA) is 72.4 Å². The smallest absolute Gasteiger partial charge is 0.264 e. The zero-order valence-electron chi connectivity index (χ0n) is 22.9. The Labute approximate surface area is 223 Å². The molecule has 3 aromatic heterocycles. The van der Waals surface area contributed by atoms with Crippen molar-refractivity contribution in [3.63, 3.8) is 0 Å². The molecule has 194 valence electrons. The van der Waals surface area contributed by atoms with Crippen LogP contribution in [-0.2, 0) is 0 Å². The molecule has 0 saturated carbocycles. The quantitative estimate of drug-likeness (QED) is 0.350. The van der Waals surface area contributed by atoms with Crippen LogP contribution in [0.2, 0.25) is 0 Å². The van der Waals surface area contributed by atoms with Gasteiger partial charge in [0.1, 0.15) is 11.5 Å². The lowest BCUT2D eigenvalue weighted by Crippen LogP contribution is -2.23. The molecular weight excluding hydrogens is 472 g/mol. The van der Waals surface area contributed by atoms with Gasteiger partial charge in [-0.15, -0.1) is 0 Å². The maximum absolute atomic E-state index is 13.8.